The summed E-state index contributed by atoms with van der Waals surface area (Å²) in [6.07, 6.45) is 5.66. The second-order valence-corrected chi connectivity index (χ2v) is 6.67. The van der Waals surface area contributed by atoms with Crippen molar-refractivity contribution in [3.8, 4) is 0 Å². The zero-order valence-electron chi connectivity index (χ0n) is 11.2. The van der Waals surface area contributed by atoms with Crippen molar-refractivity contribution in [2.75, 3.05) is 52.9 Å². The average molecular weight is 237 g/mol. The molecule has 3 fully saturated rings. The van der Waals surface area contributed by atoms with Crippen molar-refractivity contribution in [3.05, 3.63) is 0 Å². The molecule has 0 amide bonds. The maximum absolute atomic E-state index is 3.49. The number of piperidine rings is 2. The summed E-state index contributed by atoms with van der Waals surface area (Å²) in [6, 6.07) is 0. The number of hydrogen-bond donors (Lipinski definition) is 1. The molecule has 3 rings (SSSR count). The molecule has 0 aliphatic carbocycles. The van der Waals surface area contributed by atoms with E-state index in [-0.39, 0.29) is 0 Å². The fourth-order valence-electron chi connectivity index (χ4n) is 3.91. The van der Waals surface area contributed by atoms with Gasteiger partial charge < -0.3 is 15.1 Å². The average Bonchev–Trinajstić information content (AvgIpc) is 2.31. The normalized spacial score (nSPS) is 31.6. The highest BCUT2D eigenvalue weighted by molar-refractivity contribution is 4.98. The molecule has 0 saturated carbocycles. The van der Waals surface area contributed by atoms with Crippen LogP contribution in [0.3, 0.4) is 0 Å². The molecule has 0 radical (unpaired) electrons. The first-order chi connectivity index (χ1) is 8.26. The van der Waals surface area contributed by atoms with Crippen LogP contribution in [0.2, 0.25) is 0 Å². The zero-order chi connectivity index (χ0) is 11.7. The van der Waals surface area contributed by atoms with Gasteiger partial charge in [-0.1, -0.05) is 0 Å². The van der Waals surface area contributed by atoms with Crippen LogP contribution in [0.5, 0.6) is 0 Å². The summed E-state index contributed by atoms with van der Waals surface area (Å²) in [6.45, 7) is 9.29. The van der Waals surface area contributed by atoms with Gasteiger partial charge in [-0.3, -0.25) is 0 Å². The monoisotopic (exact) mass is 237 g/mol. The van der Waals surface area contributed by atoms with Gasteiger partial charge in [-0.2, -0.15) is 0 Å². The molecule has 0 aromatic carbocycles. The molecule has 3 heteroatoms. The van der Waals surface area contributed by atoms with Crippen molar-refractivity contribution in [1.82, 2.24) is 15.1 Å². The van der Waals surface area contributed by atoms with E-state index >= 15 is 0 Å². The molecule has 0 unspecified atom stereocenters. The van der Waals surface area contributed by atoms with Crippen LogP contribution in [0.15, 0.2) is 0 Å². The highest BCUT2D eigenvalue weighted by atomic mass is 15.2. The van der Waals surface area contributed by atoms with Gasteiger partial charge in [0.15, 0.2) is 0 Å². The van der Waals surface area contributed by atoms with Crippen molar-refractivity contribution in [2.24, 2.45) is 11.3 Å². The van der Waals surface area contributed by atoms with Gasteiger partial charge in [0.25, 0.3) is 0 Å². The number of nitrogens with one attached hydrogen (secondary N) is 1. The van der Waals surface area contributed by atoms with E-state index < -0.39 is 0 Å². The smallest absolute Gasteiger partial charge is 0.00515 e. The molecule has 0 bridgehead atoms. The summed E-state index contributed by atoms with van der Waals surface area (Å²) >= 11 is 0. The summed E-state index contributed by atoms with van der Waals surface area (Å²) in [5, 5.41) is 3.49. The van der Waals surface area contributed by atoms with Gasteiger partial charge in [-0.15, -0.1) is 0 Å². The van der Waals surface area contributed by atoms with Crippen molar-refractivity contribution in [1.29, 1.82) is 0 Å². The topological polar surface area (TPSA) is 18.5 Å². The Labute approximate surface area is 106 Å². The van der Waals surface area contributed by atoms with Crippen LogP contribution in [0.25, 0.3) is 0 Å². The minimum atomic E-state index is 0.719. The molecule has 98 valence electrons. The SMILES string of the molecule is CN1CCC(CN2CC3(CCNCC3)C2)CC1. The Morgan fingerprint density at radius 2 is 1.76 bits per heavy atom. The lowest BCUT2D eigenvalue weighted by Crippen LogP contribution is -2.60. The van der Waals surface area contributed by atoms with Crippen molar-refractivity contribution < 1.29 is 0 Å². The van der Waals surface area contributed by atoms with E-state index in [1.54, 1.807) is 0 Å². The molecule has 0 aromatic heterocycles. The maximum Gasteiger partial charge on any atom is 0.00515 e. The molecule has 3 heterocycles. The first-order valence-electron chi connectivity index (χ1n) is 7.37. The second kappa shape index (κ2) is 4.87. The fraction of sp³-hybridized carbons (Fsp3) is 1.00. The third-order valence-corrected chi connectivity index (χ3v) is 5.14. The van der Waals surface area contributed by atoms with E-state index in [1.165, 1.54) is 71.5 Å². The molecule has 1 spiro atoms. The van der Waals surface area contributed by atoms with Crippen LogP contribution in [0.1, 0.15) is 25.7 Å². The fourth-order valence-corrected chi connectivity index (χ4v) is 3.91. The second-order valence-electron chi connectivity index (χ2n) is 6.67. The van der Waals surface area contributed by atoms with Crippen LogP contribution in [0, 0.1) is 11.3 Å². The Balaban J connectivity index is 1.40. The lowest BCUT2D eigenvalue weighted by Gasteiger charge is -2.53. The summed E-state index contributed by atoms with van der Waals surface area (Å²) in [4.78, 5) is 5.20. The number of hydrogen-bond acceptors (Lipinski definition) is 3. The lowest BCUT2D eigenvalue weighted by atomic mass is 9.72. The number of rotatable bonds is 2. The minimum Gasteiger partial charge on any atom is -0.317 e. The van der Waals surface area contributed by atoms with Crippen LogP contribution >= 0.6 is 0 Å². The Hall–Kier alpha value is -0.120. The third-order valence-electron chi connectivity index (χ3n) is 5.14. The van der Waals surface area contributed by atoms with Gasteiger partial charge in [0.2, 0.25) is 0 Å². The third kappa shape index (κ3) is 2.67. The highest BCUT2D eigenvalue weighted by Gasteiger charge is 2.43. The molecule has 3 nitrogen and oxygen atoms in total. The Morgan fingerprint density at radius 1 is 1.12 bits per heavy atom. The van der Waals surface area contributed by atoms with Gasteiger partial charge in [0.05, 0.1) is 0 Å². The van der Waals surface area contributed by atoms with Gasteiger partial charge in [0, 0.05) is 19.6 Å². The van der Waals surface area contributed by atoms with E-state index in [2.05, 4.69) is 22.2 Å². The largest absolute Gasteiger partial charge is 0.317 e. The molecular formula is C14H27N3. The van der Waals surface area contributed by atoms with Crippen molar-refractivity contribution in [2.45, 2.75) is 25.7 Å². The van der Waals surface area contributed by atoms with Gasteiger partial charge >= 0.3 is 0 Å². The highest BCUT2D eigenvalue weighted by Crippen LogP contribution is 2.39. The predicted octanol–water partition coefficient (Wildman–Crippen LogP) is 1.01. The minimum absolute atomic E-state index is 0.719. The number of nitrogens with zero attached hydrogens (tertiary/aromatic N) is 2. The molecule has 3 aliphatic heterocycles. The van der Waals surface area contributed by atoms with E-state index in [0.717, 1.165) is 11.3 Å². The molecule has 0 aromatic rings. The molecular weight excluding hydrogens is 210 g/mol. The van der Waals surface area contributed by atoms with Crippen LogP contribution < -0.4 is 5.32 Å². The summed E-state index contributed by atoms with van der Waals surface area (Å²) in [5.74, 6) is 0.977. The quantitative estimate of drug-likeness (QED) is 0.773. The van der Waals surface area contributed by atoms with Crippen LogP contribution in [-0.4, -0.2) is 62.7 Å². The molecule has 0 atom stereocenters. The van der Waals surface area contributed by atoms with Crippen LogP contribution in [-0.2, 0) is 0 Å². The predicted molar refractivity (Wildman–Crippen MR) is 71.2 cm³/mol. The molecule has 1 N–H and O–H groups in total. The van der Waals surface area contributed by atoms with E-state index in [4.69, 9.17) is 0 Å². The Bertz CT molecular complexity index is 244. The summed E-state index contributed by atoms with van der Waals surface area (Å²) in [7, 11) is 2.25. The molecule has 3 aliphatic rings. The maximum atomic E-state index is 3.49. The Morgan fingerprint density at radius 3 is 2.41 bits per heavy atom. The first kappa shape index (κ1) is 11.9. The van der Waals surface area contributed by atoms with Crippen LogP contribution in [0.4, 0.5) is 0 Å². The van der Waals surface area contributed by atoms with E-state index in [9.17, 15) is 0 Å². The van der Waals surface area contributed by atoms with Gasteiger partial charge in [-0.25, -0.2) is 0 Å². The standard InChI is InChI=1S/C14H27N3/c1-16-8-2-13(3-9-16)10-17-11-14(12-17)4-6-15-7-5-14/h13,15H,2-12H2,1H3. The first-order valence-corrected chi connectivity index (χ1v) is 7.37. The summed E-state index contributed by atoms with van der Waals surface area (Å²) < 4.78 is 0. The van der Waals surface area contributed by atoms with Gasteiger partial charge in [-0.05, 0) is 70.2 Å². The van der Waals surface area contributed by atoms with E-state index in [1.807, 2.05) is 0 Å². The Kier molecular flexibility index (Phi) is 3.42. The van der Waals surface area contributed by atoms with E-state index in [0.29, 0.717) is 0 Å². The number of likely N-dealkylation sites (tertiary alicyclic amines) is 2. The molecule has 17 heavy (non-hydrogen) atoms. The zero-order valence-corrected chi connectivity index (χ0v) is 11.2. The van der Waals surface area contributed by atoms with Gasteiger partial charge in [0.1, 0.15) is 0 Å². The lowest BCUT2D eigenvalue weighted by molar-refractivity contribution is -0.0358. The summed E-state index contributed by atoms with van der Waals surface area (Å²) in [5.41, 5.74) is 0.719. The molecule has 3 saturated heterocycles. The van der Waals surface area contributed by atoms with Crippen molar-refractivity contribution >= 4 is 0 Å². The van der Waals surface area contributed by atoms with Crippen molar-refractivity contribution in [3.63, 3.8) is 0 Å².